The van der Waals surface area contributed by atoms with Crippen LogP contribution in [0.1, 0.15) is 48.6 Å². The molecule has 3 heterocycles. The number of hydrogen-bond acceptors (Lipinski definition) is 6. The summed E-state index contributed by atoms with van der Waals surface area (Å²) in [5.41, 5.74) is 2.72. The van der Waals surface area contributed by atoms with Crippen molar-refractivity contribution in [3.63, 3.8) is 0 Å². The lowest BCUT2D eigenvalue weighted by atomic mass is 9.94. The van der Waals surface area contributed by atoms with Crippen molar-refractivity contribution in [2.24, 2.45) is 0 Å². The van der Waals surface area contributed by atoms with Crippen LogP contribution in [-0.2, 0) is 4.74 Å². The molecule has 8 nitrogen and oxygen atoms in total. The number of nitrogens with one attached hydrogen (secondary N) is 1. The lowest BCUT2D eigenvalue weighted by Gasteiger charge is -2.35. The average Bonchev–Trinajstić information content (AvgIpc) is 2.87. The molecule has 2 aromatic carbocycles. The molecule has 5 rings (SSSR count). The van der Waals surface area contributed by atoms with Crippen LogP contribution in [0, 0.1) is 12.7 Å². The van der Waals surface area contributed by atoms with E-state index in [4.69, 9.17) is 9.47 Å². The van der Waals surface area contributed by atoms with E-state index in [-0.39, 0.29) is 29.5 Å². The summed E-state index contributed by atoms with van der Waals surface area (Å²) in [4.78, 5) is 38.9. The molecule has 1 aliphatic heterocycles. The summed E-state index contributed by atoms with van der Waals surface area (Å²) in [6, 6.07) is 13.1. The minimum absolute atomic E-state index is 0.0281. The Hall–Kier alpha value is -4.11. The van der Waals surface area contributed by atoms with Crippen LogP contribution in [0.3, 0.4) is 0 Å². The minimum atomic E-state index is -0.548. The average molecular weight is 517 g/mol. The summed E-state index contributed by atoms with van der Waals surface area (Å²) < 4.78 is 26.0. The summed E-state index contributed by atoms with van der Waals surface area (Å²) in [5, 5.41) is 0.407. The molecule has 3 unspecified atom stereocenters. The van der Waals surface area contributed by atoms with Crippen molar-refractivity contribution in [1.29, 1.82) is 0 Å². The zero-order valence-corrected chi connectivity index (χ0v) is 21.7. The Kier molecular flexibility index (Phi) is 6.94. The van der Waals surface area contributed by atoms with E-state index in [0.29, 0.717) is 58.0 Å². The molecule has 1 saturated heterocycles. The molecule has 1 aliphatic rings. The summed E-state index contributed by atoms with van der Waals surface area (Å²) >= 11 is 0. The van der Waals surface area contributed by atoms with E-state index in [9.17, 15) is 14.0 Å². The molecule has 9 heteroatoms. The number of fused-ring (bicyclic) bond motifs is 1. The van der Waals surface area contributed by atoms with E-state index in [1.165, 1.54) is 18.3 Å². The third-order valence-corrected chi connectivity index (χ3v) is 6.56. The van der Waals surface area contributed by atoms with Gasteiger partial charge in [-0.2, -0.15) is 0 Å². The summed E-state index contributed by atoms with van der Waals surface area (Å²) in [6.45, 7) is 8.48. The predicted molar refractivity (Wildman–Crippen MR) is 142 cm³/mol. The molecule has 3 atom stereocenters. The highest BCUT2D eigenvalue weighted by atomic mass is 19.1. The summed E-state index contributed by atoms with van der Waals surface area (Å²) in [7, 11) is 0. The first-order valence-electron chi connectivity index (χ1n) is 12.6. The number of morpholine rings is 1. The molecule has 1 N–H and O–H groups in total. The van der Waals surface area contributed by atoms with Gasteiger partial charge in [-0.25, -0.2) is 14.4 Å². The van der Waals surface area contributed by atoms with Crippen molar-refractivity contribution in [3.8, 4) is 17.0 Å². The quantitative estimate of drug-likeness (QED) is 0.408. The molecule has 0 spiro atoms. The number of aromatic amines is 1. The Morgan fingerprint density at radius 2 is 1.92 bits per heavy atom. The van der Waals surface area contributed by atoms with Gasteiger partial charge in [0.2, 0.25) is 5.88 Å². The van der Waals surface area contributed by atoms with Gasteiger partial charge in [0.1, 0.15) is 17.7 Å². The maximum Gasteiger partial charge on any atom is 0.258 e. The second-order valence-corrected chi connectivity index (χ2v) is 9.73. The molecule has 4 aromatic rings. The van der Waals surface area contributed by atoms with Crippen molar-refractivity contribution in [3.05, 3.63) is 87.9 Å². The van der Waals surface area contributed by atoms with Crippen LogP contribution in [0.2, 0.25) is 0 Å². The van der Waals surface area contributed by atoms with Gasteiger partial charge in [-0.05, 0) is 69.2 Å². The number of rotatable bonds is 5. The lowest BCUT2D eigenvalue weighted by Crippen LogP contribution is -2.48. The van der Waals surface area contributed by atoms with Crippen LogP contribution in [0.5, 0.6) is 5.88 Å². The fourth-order valence-electron chi connectivity index (χ4n) is 4.91. The molecule has 38 heavy (non-hydrogen) atoms. The van der Waals surface area contributed by atoms with Gasteiger partial charge < -0.3 is 19.4 Å². The molecule has 0 aliphatic carbocycles. The SMILES string of the molecule is Cc1nc2cc(-c3cccc(F)c3)c(C(C)Oc3ccc(C(=O)N4CC(C)OC(C)C4)cn3)cc2c(=O)[nH]1. The monoisotopic (exact) mass is 516 g/mol. The normalized spacial score (nSPS) is 18.4. The van der Waals surface area contributed by atoms with Gasteiger partial charge >= 0.3 is 0 Å². The van der Waals surface area contributed by atoms with Gasteiger partial charge in [0, 0.05) is 30.9 Å². The minimum Gasteiger partial charge on any atom is -0.470 e. The first-order chi connectivity index (χ1) is 18.2. The second-order valence-electron chi connectivity index (χ2n) is 9.73. The Morgan fingerprint density at radius 3 is 2.61 bits per heavy atom. The third-order valence-electron chi connectivity index (χ3n) is 6.56. The number of carbonyl (C=O) groups is 1. The zero-order valence-electron chi connectivity index (χ0n) is 21.7. The first-order valence-corrected chi connectivity index (χ1v) is 12.6. The van der Waals surface area contributed by atoms with Gasteiger partial charge in [-0.1, -0.05) is 12.1 Å². The number of aromatic nitrogens is 3. The van der Waals surface area contributed by atoms with Crippen molar-refractivity contribution in [2.45, 2.75) is 46.0 Å². The molecule has 0 bridgehead atoms. The maximum absolute atomic E-state index is 14.1. The first kappa shape index (κ1) is 25.5. The van der Waals surface area contributed by atoms with Crippen molar-refractivity contribution in [2.75, 3.05) is 13.1 Å². The van der Waals surface area contributed by atoms with Gasteiger partial charge in [-0.15, -0.1) is 0 Å². The molecule has 196 valence electrons. The second kappa shape index (κ2) is 10.3. The van der Waals surface area contributed by atoms with E-state index >= 15 is 0 Å². The third kappa shape index (κ3) is 5.28. The van der Waals surface area contributed by atoms with E-state index < -0.39 is 6.10 Å². The van der Waals surface area contributed by atoms with Gasteiger partial charge in [0.05, 0.1) is 28.7 Å². The number of hydrogen-bond donors (Lipinski definition) is 1. The van der Waals surface area contributed by atoms with Crippen LogP contribution in [0.25, 0.3) is 22.0 Å². The number of carbonyl (C=O) groups excluding carboxylic acids is 1. The number of amides is 1. The fraction of sp³-hybridized carbons (Fsp3) is 0.310. The van der Waals surface area contributed by atoms with Crippen LogP contribution in [-0.4, -0.2) is 51.1 Å². The van der Waals surface area contributed by atoms with Gasteiger partial charge in [-0.3, -0.25) is 9.59 Å². The Labute approximate surface area is 219 Å². The molecule has 0 saturated carbocycles. The topological polar surface area (TPSA) is 97.4 Å². The van der Waals surface area contributed by atoms with Crippen molar-refractivity contribution in [1.82, 2.24) is 19.9 Å². The standard InChI is InChI=1S/C29H29FN4O4/c1-16-14-34(15-17(2)37-16)29(36)21-8-9-27(31-13-21)38-18(3)23-11-25-26(32-19(4)33-28(25)35)12-24(23)20-6-5-7-22(30)10-20/h5-13,16-18H,14-15H2,1-4H3,(H,32,33,35). The smallest absolute Gasteiger partial charge is 0.258 e. The van der Waals surface area contributed by atoms with Crippen molar-refractivity contribution >= 4 is 16.8 Å². The number of pyridine rings is 1. The summed E-state index contributed by atoms with van der Waals surface area (Å²) in [5.74, 6) is 0.329. The highest BCUT2D eigenvalue weighted by Gasteiger charge is 2.27. The zero-order chi connectivity index (χ0) is 27.0. The predicted octanol–water partition coefficient (Wildman–Crippen LogP) is 4.82. The van der Waals surface area contributed by atoms with Gasteiger partial charge in [0.25, 0.3) is 11.5 Å². The molecular formula is C29H29FN4O4. The van der Waals surface area contributed by atoms with Crippen molar-refractivity contribution < 1.29 is 18.7 Å². The largest absolute Gasteiger partial charge is 0.470 e. The van der Waals surface area contributed by atoms with E-state index in [2.05, 4.69) is 15.0 Å². The number of ether oxygens (including phenoxy) is 2. The molecule has 1 fully saturated rings. The van der Waals surface area contributed by atoms with E-state index in [0.717, 1.165) is 0 Å². The lowest BCUT2D eigenvalue weighted by molar-refractivity contribution is -0.0586. The number of nitrogens with zero attached hydrogens (tertiary/aromatic N) is 3. The maximum atomic E-state index is 14.1. The number of aryl methyl sites for hydroxylation is 1. The van der Waals surface area contributed by atoms with Crippen LogP contribution >= 0.6 is 0 Å². The van der Waals surface area contributed by atoms with E-state index in [1.807, 2.05) is 20.8 Å². The van der Waals surface area contributed by atoms with Crippen LogP contribution < -0.4 is 10.3 Å². The molecule has 1 amide bonds. The molecule has 2 aromatic heterocycles. The fourth-order valence-corrected chi connectivity index (χ4v) is 4.91. The highest BCUT2D eigenvalue weighted by Crippen LogP contribution is 2.33. The number of H-pyrrole nitrogens is 1. The Bertz CT molecular complexity index is 1540. The number of benzene rings is 2. The Balaban J connectivity index is 1.44. The van der Waals surface area contributed by atoms with Crippen LogP contribution in [0.15, 0.2) is 59.5 Å². The molecule has 0 radical (unpaired) electrons. The molecular weight excluding hydrogens is 487 g/mol. The summed E-state index contributed by atoms with van der Waals surface area (Å²) in [6.07, 6.45) is 0.897. The highest BCUT2D eigenvalue weighted by molar-refractivity contribution is 5.94. The van der Waals surface area contributed by atoms with E-state index in [1.54, 1.807) is 48.2 Å². The Morgan fingerprint density at radius 1 is 1.16 bits per heavy atom. The van der Waals surface area contributed by atoms with Crippen LogP contribution in [0.4, 0.5) is 4.39 Å². The van der Waals surface area contributed by atoms with Gasteiger partial charge in [0.15, 0.2) is 0 Å². The number of halogens is 1.